The van der Waals surface area contributed by atoms with Crippen LogP contribution in [0.25, 0.3) is 0 Å². The Bertz CT molecular complexity index is 417. The zero-order valence-corrected chi connectivity index (χ0v) is 13.7. The van der Waals surface area contributed by atoms with E-state index in [-0.39, 0.29) is 6.61 Å². The van der Waals surface area contributed by atoms with Gasteiger partial charge in [-0.25, -0.2) is 4.79 Å². The highest BCUT2D eigenvalue weighted by Crippen LogP contribution is 2.25. The lowest BCUT2D eigenvalue weighted by Crippen LogP contribution is -2.43. The van der Waals surface area contributed by atoms with Crippen molar-refractivity contribution in [3.63, 3.8) is 0 Å². The summed E-state index contributed by atoms with van der Waals surface area (Å²) in [6, 6.07) is -0.882. The summed E-state index contributed by atoms with van der Waals surface area (Å²) in [5.41, 5.74) is -1.00. The maximum Gasteiger partial charge on any atom is 0.412 e. The third kappa shape index (κ3) is 6.95. The molecule has 0 bridgehead atoms. The van der Waals surface area contributed by atoms with Crippen LogP contribution in [0, 0.1) is 5.92 Å². The molecule has 0 fully saturated rings. The molecule has 7 heteroatoms. The van der Waals surface area contributed by atoms with E-state index in [9.17, 15) is 22.8 Å². The first kappa shape index (κ1) is 20.5. The predicted octanol–water partition coefficient (Wildman–Crippen LogP) is 3.32. The smallest absolute Gasteiger partial charge is 0.412 e. The number of alkyl halides is 3. The molecule has 0 spiro atoms. The van der Waals surface area contributed by atoms with Crippen molar-refractivity contribution in [2.24, 2.45) is 5.92 Å². The number of allylic oxidation sites excluding steroid dienone is 1. The second kappa shape index (κ2) is 8.80. The number of carbonyl (C=O) groups excluding carboxylic acids is 2. The number of carbonyl (C=O) groups is 2. The number of ether oxygens (including phenoxy) is 1. The topological polar surface area (TPSA) is 46.6 Å². The van der Waals surface area contributed by atoms with Crippen LogP contribution in [0.15, 0.2) is 11.6 Å². The first-order valence-corrected chi connectivity index (χ1v) is 7.19. The van der Waals surface area contributed by atoms with Gasteiger partial charge < -0.3 is 9.64 Å². The van der Waals surface area contributed by atoms with E-state index in [2.05, 4.69) is 0 Å². The van der Waals surface area contributed by atoms with Gasteiger partial charge in [0.2, 0.25) is 5.91 Å². The van der Waals surface area contributed by atoms with E-state index >= 15 is 0 Å². The van der Waals surface area contributed by atoms with Crippen LogP contribution in [0.3, 0.4) is 0 Å². The van der Waals surface area contributed by atoms with Gasteiger partial charge in [-0.2, -0.15) is 13.2 Å². The molecule has 0 rings (SSSR count). The van der Waals surface area contributed by atoms with E-state index in [1.165, 1.54) is 7.05 Å². The maximum absolute atomic E-state index is 12.5. The third-order valence-electron chi connectivity index (χ3n) is 3.18. The van der Waals surface area contributed by atoms with E-state index in [1.807, 2.05) is 13.8 Å². The molecule has 0 N–H and O–H groups in total. The Morgan fingerprint density at radius 3 is 2.18 bits per heavy atom. The number of likely N-dealkylation sites (N-methyl/N-ethyl adjacent to an activating group) is 1. The molecule has 0 aliphatic heterocycles. The number of halogens is 3. The minimum Gasteiger partial charge on any atom is -0.464 e. The van der Waals surface area contributed by atoms with Crippen molar-refractivity contribution in [2.75, 3.05) is 13.7 Å². The Kier molecular flexibility index (Phi) is 8.19. The molecule has 0 heterocycles. The first-order chi connectivity index (χ1) is 10.0. The Morgan fingerprint density at radius 2 is 1.77 bits per heavy atom. The van der Waals surface area contributed by atoms with Crippen molar-refractivity contribution in [3.05, 3.63) is 11.6 Å². The molecule has 0 aromatic heterocycles. The molecule has 0 saturated heterocycles. The molecular formula is C15H24F3NO3. The quantitative estimate of drug-likeness (QED) is 0.533. The average Bonchev–Trinajstić information content (AvgIpc) is 2.37. The second-order valence-corrected chi connectivity index (χ2v) is 5.51. The molecule has 4 nitrogen and oxygen atoms in total. The summed E-state index contributed by atoms with van der Waals surface area (Å²) >= 11 is 0. The van der Waals surface area contributed by atoms with Crippen molar-refractivity contribution in [3.8, 4) is 0 Å². The summed E-state index contributed by atoms with van der Waals surface area (Å²) in [7, 11) is 1.31. The van der Waals surface area contributed by atoms with E-state index in [0.29, 0.717) is 24.8 Å². The van der Waals surface area contributed by atoms with Crippen LogP contribution >= 0.6 is 0 Å². The largest absolute Gasteiger partial charge is 0.464 e. The van der Waals surface area contributed by atoms with Crippen molar-refractivity contribution in [2.45, 2.75) is 52.8 Å². The molecular weight excluding hydrogens is 299 g/mol. The highest BCUT2D eigenvalue weighted by Gasteiger charge is 2.32. The molecule has 1 unspecified atom stereocenters. The SMILES string of the molecule is CCOC(=O)C(CCC(C)C)N(C)C(=O)/C=C(\C)C(F)(F)F. The van der Waals surface area contributed by atoms with Crippen molar-refractivity contribution in [1.29, 1.82) is 0 Å². The monoisotopic (exact) mass is 323 g/mol. The minimum atomic E-state index is -4.56. The molecule has 128 valence electrons. The van der Waals surface area contributed by atoms with Crippen molar-refractivity contribution >= 4 is 11.9 Å². The minimum absolute atomic E-state index is 0.149. The molecule has 22 heavy (non-hydrogen) atoms. The fourth-order valence-corrected chi connectivity index (χ4v) is 1.72. The molecule has 1 atom stereocenters. The van der Waals surface area contributed by atoms with Gasteiger partial charge in [-0.05, 0) is 32.6 Å². The Hall–Kier alpha value is -1.53. The van der Waals surface area contributed by atoms with Gasteiger partial charge in [0.1, 0.15) is 6.04 Å². The van der Waals surface area contributed by atoms with Gasteiger partial charge >= 0.3 is 12.1 Å². The summed E-state index contributed by atoms with van der Waals surface area (Å²) in [6.45, 7) is 6.51. The number of hydrogen-bond donors (Lipinski definition) is 0. The van der Waals surface area contributed by atoms with E-state index in [1.54, 1.807) is 6.92 Å². The number of nitrogens with zero attached hydrogens (tertiary/aromatic N) is 1. The number of hydrogen-bond acceptors (Lipinski definition) is 3. The Balaban J connectivity index is 5.12. The van der Waals surface area contributed by atoms with Crippen LogP contribution in [-0.4, -0.2) is 42.6 Å². The van der Waals surface area contributed by atoms with Crippen LogP contribution in [0.2, 0.25) is 0 Å². The van der Waals surface area contributed by atoms with Gasteiger partial charge in [0.25, 0.3) is 0 Å². The first-order valence-electron chi connectivity index (χ1n) is 7.19. The molecule has 1 amide bonds. The zero-order valence-electron chi connectivity index (χ0n) is 13.7. The lowest BCUT2D eigenvalue weighted by molar-refractivity contribution is -0.153. The fourth-order valence-electron chi connectivity index (χ4n) is 1.72. The summed E-state index contributed by atoms with van der Waals surface area (Å²) in [5, 5.41) is 0. The summed E-state index contributed by atoms with van der Waals surface area (Å²) < 4.78 is 42.3. The molecule has 0 aliphatic carbocycles. The normalized spacial score (nSPS) is 14.0. The molecule has 0 saturated carbocycles. The van der Waals surface area contributed by atoms with Crippen LogP contribution in [-0.2, 0) is 14.3 Å². The van der Waals surface area contributed by atoms with Gasteiger partial charge in [0.15, 0.2) is 0 Å². The van der Waals surface area contributed by atoms with Crippen LogP contribution in [0.1, 0.15) is 40.5 Å². The Morgan fingerprint density at radius 1 is 1.23 bits per heavy atom. The zero-order chi connectivity index (χ0) is 17.5. The van der Waals surface area contributed by atoms with E-state index in [4.69, 9.17) is 4.74 Å². The number of esters is 1. The summed E-state index contributed by atoms with van der Waals surface area (Å²) in [6.07, 6.45) is -3.06. The summed E-state index contributed by atoms with van der Waals surface area (Å²) in [4.78, 5) is 24.9. The number of rotatable bonds is 7. The van der Waals surface area contributed by atoms with E-state index in [0.717, 1.165) is 11.8 Å². The highest BCUT2D eigenvalue weighted by molar-refractivity contribution is 5.92. The fraction of sp³-hybridized carbons (Fsp3) is 0.733. The van der Waals surface area contributed by atoms with Gasteiger partial charge in [0, 0.05) is 18.7 Å². The second-order valence-electron chi connectivity index (χ2n) is 5.51. The predicted molar refractivity (Wildman–Crippen MR) is 77.1 cm³/mol. The molecule has 0 aliphatic rings. The lowest BCUT2D eigenvalue weighted by atomic mass is 10.0. The molecule has 0 aromatic rings. The van der Waals surface area contributed by atoms with Gasteiger partial charge in [-0.15, -0.1) is 0 Å². The maximum atomic E-state index is 12.5. The van der Waals surface area contributed by atoms with Crippen LogP contribution in [0.5, 0.6) is 0 Å². The van der Waals surface area contributed by atoms with Crippen LogP contribution < -0.4 is 0 Å². The lowest BCUT2D eigenvalue weighted by Gasteiger charge is -2.26. The van der Waals surface area contributed by atoms with Gasteiger partial charge in [0.05, 0.1) is 6.61 Å². The summed E-state index contributed by atoms with van der Waals surface area (Å²) in [5.74, 6) is -1.17. The number of amides is 1. The highest BCUT2D eigenvalue weighted by atomic mass is 19.4. The van der Waals surface area contributed by atoms with Gasteiger partial charge in [-0.3, -0.25) is 4.79 Å². The van der Waals surface area contributed by atoms with Crippen LogP contribution in [0.4, 0.5) is 13.2 Å². The van der Waals surface area contributed by atoms with Gasteiger partial charge in [-0.1, -0.05) is 13.8 Å². The standard InChI is InChI=1S/C15H24F3NO3/c1-6-22-14(21)12(8-7-10(2)3)19(5)13(20)9-11(4)15(16,17)18/h9-10,12H,6-8H2,1-5H3/b11-9+. The van der Waals surface area contributed by atoms with E-state index < -0.39 is 29.7 Å². The Labute approximate surface area is 129 Å². The van der Waals surface area contributed by atoms with Crippen molar-refractivity contribution in [1.82, 2.24) is 4.90 Å². The van der Waals surface area contributed by atoms with Crippen molar-refractivity contribution < 1.29 is 27.5 Å². The molecule has 0 aromatic carbocycles. The average molecular weight is 323 g/mol. The third-order valence-corrected chi connectivity index (χ3v) is 3.18. The molecule has 0 radical (unpaired) electrons.